The van der Waals surface area contributed by atoms with Crippen molar-refractivity contribution in [2.75, 3.05) is 11.9 Å². The summed E-state index contributed by atoms with van der Waals surface area (Å²) < 4.78 is 49.3. The van der Waals surface area contributed by atoms with Gasteiger partial charge in [0, 0.05) is 6.54 Å². The van der Waals surface area contributed by atoms with Gasteiger partial charge in [-0.1, -0.05) is 6.07 Å². The number of carbonyl (C=O) groups is 1. The normalized spacial score (nSPS) is 13.2. The third-order valence-corrected chi connectivity index (χ3v) is 2.09. The van der Waals surface area contributed by atoms with E-state index in [0.717, 1.165) is 18.2 Å². The van der Waals surface area contributed by atoms with Crippen molar-refractivity contribution in [3.8, 4) is 0 Å². The molecule has 18 heavy (non-hydrogen) atoms. The molecule has 1 atom stereocenters. The molecular formula is C10H9F4NO3. The van der Waals surface area contributed by atoms with Gasteiger partial charge in [-0.25, -0.2) is 9.18 Å². The molecule has 0 aliphatic rings. The minimum atomic E-state index is -4.86. The minimum absolute atomic E-state index is 0.510. The van der Waals surface area contributed by atoms with Crippen LogP contribution in [0.15, 0.2) is 18.2 Å². The van der Waals surface area contributed by atoms with Gasteiger partial charge in [-0.3, -0.25) is 0 Å². The molecule has 0 bridgehead atoms. The number of carboxylic acids is 1. The first kappa shape index (κ1) is 14.2. The molecule has 100 valence electrons. The molecule has 0 saturated carbocycles. The Hall–Kier alpha value is -1.83. The van der Waals surface area contributed by atoms with Crippen LogP contribution in [0.3, 0.4) is 0 Å². The number of alkyl halides is 3. The number of aromatic carboxylic acids is 1. The lowest BCUT2D eigenvalue weighted by molar-refractivity contribution is -0.198. The molecule has 0 aliphatic carbocycles. The molecule has 0 fully saturated rings. The number of para-hydroxylation sites is 1. The first-order chi connectivity index (χ1) is 8.23. The Kier molecular flexibility index (Phi) is 4.12. The molecular weight excluding hydrogens is 258 g/mol. The Bertz CT molecular complexity index is 447. The van der Waals surface area contributed by atoms with E-state index < -0.39 is 41.9 Å². The Morgan fingerprint density at radius 2 is 2.00 bits per heavy atom. The number of aliphatic hydroxyl groups is 1. The van der Waals surface area contributed by atoms with Gasteiger partial charge in [0.1, 0.15) is 5.82 Å². The van der Waals surface area contributed by atoms with Crippen LogP contribution in [0.1, 0.15) is 10.4 Å². The van der Waals surface area contributed by atoms with Gasteiger partial charge >= 0.3 is 12.1 Å². The van der Waals surface area contributed by atoms with Gasteiger partial charge in [-0.2, -0.15) is 13.2 Å². The van der Waals surface area contributed by atoms with Gasteiger partial charge in [-0.15, -0.1) is 0 Å². The smallest absolute Gasteiger partial charge is 0.416 e. The van der Waals surface area contributed by atoms with Gasteiger partial charge in [0.05, 0.1) is 11.3 Å². The van der Waals surface area contributed by atoms with Crippen LogP contribution in [-0.4, -0.2) is 35.0 Å². The number of aliphatic hydroxyl groups excluding tert-OH is 1. The number of anilines is 1. The van der Waals surface area contributed by atoms with Crippen LogP contribution in [0.5, 0.6) is 0 Å². The Morgan fingerprint density at radius 3 is 2.50 bits per heavy atom. The largest absolute Gasteiger partial charge is 0.478 e. The van der Waals surface area contributed by atoms with Crippen molar-refractivity contribution in [3.05, 3.63) is 29.6 Å². The topological polar surface area (TPSA) is 69.6 Å². The summed E-state index contributed by atoms with van der Waals surface area (Å²) in [5.74, 6) is -2.50. The van der Waals surface area contributed by atoms with Gasteiger partial charge < -0.3 is 15.5 Å². The molecule has 1 unspecified atom stereocenters. The first-order valence-electron chi connectivity index (χ1n) is 4.74. The fourth-order valence-corrected chi connectivity index (χ4v) is 1.20. The van der Waals surface area contributed by atoms with E-state index in [1.54, 1.807) is 0 Å². The van der Waals surface area contributed by atoms with Crippen molar-refractivity contribution in [1.82, 2.24) is 0 Å². The first-order valence-corrected chi connectivity index (χ1v) is 4.74. The van der Waals surface area contributed by atoms with Crippen molar-refractivity contribution >= 4 is 11.7 Å². The molecule has 1 aromatic rings. The summed E-state index contributed by atoms with van der Waals surface area (Å²) in [5.41, 5.74) is -1.10. The molecule has 1 aromatic carbocycles. The summed E-state index contributed by atoms with van der Waals surface area (Å²) in [7, 11) is 0. The minimum Gasteiger partial charge on any atom is -0.478 e. The van der Waals surface area contributed by atoms with E-state index in [4.69, 9.17) is 10.2 Å². The zero-order chi connectivity index (χ0) is 13.9. The molecule has 0 heterocycles. The number of hydrogen-bond acceptors (Lipinski definition) is 3. The van der Waals surface area contributed by atoms with Gasteiger partial charge in [0.2, 0.25) is 0 Å². The summed E-state index contributed by atoms with van der Waals surface area (Å²) in [5, 5.41) is 19.4. The summed E-state index contributed by atoms with van der Waals surface area (Å²) in [6.45, 7) is -1.04. The second-order valence-electron chi connectivity index (χ2n) is 3.41. The van der Waals surface area contributed by atoms with E-state index in [1.807, 2.05) is 5.32 Å². The van der Waals surface area contributed by atoms with Crippen LogP contribution in [0, 0.1) is 5.82 Å². The van der Waals surface area contributed by atoms with Gasteiger partial charge in [0.15, 0.2) is 6.10 Å². The standard InChI is InChI=1S/C10H9F4NO3/c11-6-3-1-2-5(9(17)18)8(6)15-4-7(16)10(12,13)14/h1-3,7,15-16H,4H2,(H,17,18). The maximum atomic E-state index is 13.3. The van der Waals surface area contributed by atoms with Crippen LogP contribution >= 0.6 is 0 Å². The van der Waals surface area contributed by atoms with E-state index in [0.29, 0.717) is 0 Å². The SMILES string of the molecule is O=C(O)c1cccc(F)c1NCC(O)C(F)(F)F. The van der Waals surface area contributed by atoms with E-state index in [2.05, 4.69) is 0 Å². The molecule has 3 N–H and O–H groups in total. The summed E-state index contributed by atoms with van der Waals surface area (Å²) >= 11 is 0. The fourth-order valence-electron chi connectivity index (χ4n) is 1.20. The highest BCUT2D eigenvalue weighted by molar-refractivity contribution is 5.94. The highest BCUT2D eigenvalue weighted by Gasteiger charge is 2.38. The lowest BCUT2D eigenvalue weighted by Gasteiger charge is -2.17. The predicted molar refractivity (Wildman–Crippen MR) is 53.9 cm³/mol. The van der Waals surface area contributed by atoms with E-state index in [-0.39, 0.29) is 0 Å². The zero-order valence-electron chi connectivity index (χ0n) is 8.83. The van der Waals surface area contributed by atoms with Crippen LogP contribution in [0.25, 0.3) is 0 Å². The lowest BCUT2D eigenvalue weighted by atomic mass is 10.1. The van der Waals surface area contributed by atoms with Crippen LogP contribution in [0.2, 0.25) is 0 Å². The van der Waals surface area contributed by atoms with Crippen molar-refractivity contribution in [1.29, 1.82) is 0 Å². The molecule has 0 spiro atoms. The second-order valence-corrected chi connectivity index (χ2v) is 3.41. The highest BCUT2D eigenvalue weighted by Crippen LogP contribution is 2.23. The number of carboxylic acid groups (broad SMARTS) is 1. The molecule has 0 aliphatic heterocycles. The van der Waals surface area contributed by atoms with Gasteiger partial charge in [-0.05, 0) is 12.1 Å². The predicted octanol–water partition coefficient (Wildman–Crippen LogP) is 1.86. The molecule has 0 radical (unpaired) electrons. The van der Waals surface area contributed by atoms with E-state index in [9.17, 15) is 22.4 Å². The second kappa shape index (κ2) is 5.21. The Morgan fingerprint density at radius 1 is 1.39 bits per heavy atom. The van der Waals surface area contributed by atoms with Gasteiger partial charge in [0.25, 0.3) is 0 Å². The summed E-state index contributed by atoms with van der Waals surface area (Å²) in [6, 6.07) is 3.05. The lowest BCUT2D eigenvalue weighted by Crippen LogP contribution is -2.35. The quantitative estimate of drug-likeness (QED) is 0.728. The van der Waals surface area contributed by atoms with E-state index >= 15 is 0 Å². The molecule has 8 heteroatoms. The van der Waals surface area contributed by atoms with Crippen molar-refractivity contribution in [2.45, 2.75) is 12.3 Å². The third kappa shape index (κ3) is 3.33. The molecule has 1 rings (SSSR count). The molecule has 0 aromatic heterocycles. The fraction of sp³-hybridized carbons (Fsp3) is 0.300. The van der Waals surface area contributed by atoms with Crippen LogP contribution in [0.4, 0.5) is 23.2 Å². The Balaban J connectivity index is 2.88. The average Bonchev–Trinajstić information content (AvgIpc) is 2.25. The third-order valence-electron chi connectivity index (χ3n) is 2.09. The molecule has 4 nitrogen and oxygen atoms in total. The number of halogens is 4. The van der Waals surface area contributed by atoms with Crippen LogP contribution < -0.4 is 5.32 Å². The van der Waals surface area contributed by atoms with Crippen molar-refractivity contribution < 1.29 is 32.6 Å². The summed E-state index contributed by atoms with van der Waals surface area (Å²) in [6.07, 6.45) is -7.57. The average molecular weight is 267 g/mol. The summed E-state index contributed by atoms with van der Waals surface area (Å²) in [4.78, 5) is 10.7. The number of nitrogens with one attached hydrogen (secondary N) is 1. The Labute approximate surface area is 98.9 Å². The number of rotatable bonds is 4. The van der Waals surface area contributed by atoms with Crippen molar-refractivity contribution in [2.24, 2.45) is 0 Å². The monoisotopic (exact) mass is 267 g/mol. The number of benzene rings is 1. The highest BCUT2D eigenvalue weighted by atomic mass is 19.4. The zero-order valence-corrected chi connectivity index (χ0v) is 8.83. The van der Waals surface area contributed by atoms with E-state index in [1.165, 1.54) is 0 Å². The number of hydrogen-bond donors (Lipinski definition) is 3. The van der Waals surface area contributed by atoms with Crippen molar-refractivity contribution in [3.63, 3.8) is 0 Å². The molecule has 0 saturated heterocycles. The molecule has 0 amide bonds. The maximum Gasteiger partial charge on any atom is 0.416 e. The van der Waals surface area contributed by atoms with Crippen LogP contribution in [-0.2, 0) is 0 Å². The maximum absolute atomic E-state index is 13.3.